The third-order valence-corrected chi connectivity index (χ3v) is 3.17. The second kappa shape index (κ2) is 6.93. The molecule has 0 fully saturated rings. The molecule has 0 spiro atoms. The molecule has 0 saturated heterocycles. The largest absolute Gasteiger partial charge is 0.345 e. The van der Waals surface area contributed by atoms with Gasteiger partial charge in [-0.25, -0.2) is 4.79 Å². The van der Waals surface area contributed by atoms with E-state index in [-0.39, 0.29) is 18.0 Å². The van der Waals surface area contributed by atoms with Crippen molar-refractivity contribution in [1.29, 1.82) is 0 Å². The molecule has 0 aliphatic rings. The first-order valence-corrected chi connectivity index (χ1v) is 6.71. The number of nitrogens with one attached hydrogen (secondary N) is 2. The van der Waals surface area contributed by atoms with Crippen LogP contribution in [0.5, 0.6) is 0 Å². The molecule has 1 aromatic rings. The molecule has 3 amide bonds. The Balaban J connectivity index is 2.83. The number of carbonyl (C=O) groups excluding carboxylic acids is 2. The van der Waals surface area contributed by atoms with Crippen LogP contribution in [0, 0.1) is 5.92 Å². The zero-order valence-electron chi connectivity index (χ0n) is 12.7. The van der Waals surface area contributed by atoms with Gasteiger partial charge in [0.05, 0.1) is 11.3 Å². The van der Waals surface area contributed by atoms with Crippen LogP contribution in [0.4, 0.5) is 10.5 Å². The Hall–Kier alpha value is -2.04. The van der Waals surface area contributed by atoms with E-state index in [1.807, 2.05) is 20.8 Å². The molecule has 0 heterocycles. The Morgan fingerprint density at radius 2 is 1.70 bits per heavy atom. The highest BCUT2D eigenvalue weighted by Crippen LogP contribution is 2.16. The summed E-state index contributed by atoms with van der Waals surface area (Å²) in [6.07, 6.45) is 0. The van der Waals surface area contributed by atoms with E-state index in [1.54, 1.807) is 38.4 Å². The number of amides is 3. The average Bonchev–Trinajstić information content (AvgIpc) is 2.38. The van der Waals surface area contributed by atoms with Crippen LogP contribution in [-0.4, -0.2) is 37.0 Å². The lowest BCUT2D eigenvalue weighted by atomic mass is 10.1. The van der Waals surface area contributed by atoms with Crippen molar-refractivity contribution in [3.05, 3.63) is 29.8 Å². The van der Waals surface area contributed by atoms with Crippen molar-refractivity contribution in [2.24, 2.45) is 5.92 Å². The fourth-order valence-corrected chi connectivity index (χ4v) is 1.55. The van der Waals surface area contributed by atoms with Gasteiger partial charge in [-0.1, -0.05) is 26.0 Å². The van der Waals surface area contributed by atoms with Gasteiger partial charge >= 0.3 is 6.03 Å². The molecule has 5 nitrogen and oxygen atoms in total. The first kappa shape index (κ1) is 16.0. The Morgan fingerprint density at radius 3 is 2.25 bits per heavy atom. The number of para-hydroxylation sites is 1. The molecule has 20 heavy (non-hydrogen) atoms. The standard InChI is InChI=1S/C15H23N3O2/c1-10(2)11(3)16-15(20)17-13-9-7-6-8-12(13)14(19)18(4)5/h6-11H,1-5H3,(H2,16,17,20)/t11-/m0/s1. The molecular formula is C15H23N3O2. The van der Waals surface area contributed by atoms with Gasteiger partial charge in [-0.15, -0.1) is 0 Å². The predicted octanol–water partition coefficient (Wildman–Crippen LogP) is 2.55. The van der Waals surface area contributed by atoms with Gasteiger partial charge in [-0.3, -0.25) is 4.79 Å². The topological polar surface area (TPSA) is 61.4 Å². The second-order valence-corrected chi connectivity index (χ2v) is 5.38. The number of hydrogen-bond donors (Lipinski definition) is 2. The smallest absolute Gasteiger partial charge is 0.319 e. The molecule has 2 N–H and O–H groups in total. The Kier molecular flexibility index (Phi) is 5.55. The number of nitrogens with zero attached hydrogens (tertiary/aromatic N) is 1. The van der Waals surface area contributed by atoms with Crippen LogP contribution in [0.2, 0.25) is 0 Å². The molecule has 0 aromatic heterocycles. The van der Waals surface area contributed by atoms with Crippen molar-refractivity contribution in [2.45, 2.75) is 26.8 Å². The number of benzene rings is 1. The summed E-state index contributed by atoms with van der Waals surface area (Å²) in [5.74, 6) is 0.206. The number of carbonyl (C=O) groups is 2. The van der Waals surface area contributed by atoms with E-state index in [9.17, 15) is 9.59 Å². The van der Waals surface area contributed by atoms with E-state index in [0.29, 0.717) is 17.2 Å². The van der Waals surface area contributed by atoms with Crippen molar-refractivity contribution in [3.8, 4) is 0 Å². The Morgan fingerprint density at radius 1 is 1.10 bits per heavy atom. The summed E-state index contributed by atoms with van der Waals surface area (Å²) in [5.41, 5.74) is 0.990. The zero-order valence-corrected chi connectivity index (χ0v) is 12.7. The Labute approximate surface area is 120 Å². The van der Waals surface area contributed by atoms with Crippen molar-refractivity contribution in [3.63, 3.8) is 0 Å². The van der Waals surface area contributed by atoms with E-state index < -0.39 is 0 Å². The molecule has 0 aliphatic carbocycles. The van der Waals surface area contributed by atoms with E-state index >= 15 is 0 Å². The lowest BCUT2D eigenvalue weighted by Gasteiger charge is -2.19. The van der Waals surface area contributed by atoms with Gasteiger partial charge in [0.1, 0.15) is 0 Å². The SMILES string of the molecule is CC(C)[C@H](C)NC(=O)Nc1ccccc1C(=O)N(C)C. The molecular weight excluding hydrogens is 254 g/mol. The summed E-state index contributed by atoms with van der Waals surface area (Å²) in [6.45, 7) is 6.02. The van der Waals surface area contributed by atoms with E-state index in [2.05, 4.69) is 10.6 Å². The van der Waals surface area contributed by atoms with Gasteiger partial charge in [-0.2, -0.15) is 0 Å². The highest BCUT2D eigenvalue weighted by atomic mass is 16.2. The van der Waals surface area contributed by atoms with E-state index in [0.717, 1.165) is 0 Å². The van der Waals surface area contributed by atoms with Gasteiger partial charge in [0.2, 0.25) is 0 Å². The maximum Gasteiger partial charge on any atom is 0.319 e. The average molecular weight is 277 g/mol. The quantitative estimate of drug-likeness (QED) is 0.888. The lowest BCUT2D eigenvalue weighted by Crippen LogP contribution is -2.39. The van der Waals surface area contributed by atoms with Crippen LogP contribution < -0.4 is 10.6 Å². The molecule has 0 radical (unpaired) electrons. The van der Waals surface area contributed by atoms with Gasteiger partial charge in [0, 0.05) is 20.1 Å². The number of anilines is 1. The Bertz CT molecular complexity index is 484. The maximum atomic E-state index is 12.0. The third kappa shape index (κ3) is 4.26. The summed E-state index contributed by atoms with van der Waals surface area (Å²) >= 11 is 0. The highest BCUT2D eigenvalue weighted by Gasteiger charge is 2.16. The van der Waals surface area contributed by atoms with Crippen LogP contribution in [0.25, 0.3) is 0 Å². The molecule has 1 atom stereocenters. The van der Waals surface area contributed by atoms with Gasteiger partial charge in [0.15, 0.2) is 0 Å². The lowest BCUT2D eigenvalue weighted by molar-refractivity contribution is 0.0828. The van der Waals surface area contributed by atoms with Crippen molar-refractivity contribution >= 4 is 17.6 Å². The maximum absolute atomic E-state index is 12.0. The van der Waals surface area contributed by atoms with E-state index in [4.69, 9.17) is 0 Å². The number of rotatable bonds is 4. The van der Waals surface area contributed by atoms with Crippen molar-refractivity contribution in [2.75, 3.05) is 19.4 Å². The van der Waals surface area contributed by atoms with Gasteiger partial charge in [0.25, 0.3) is 5.91 Å². The van der Waals surface area contributed by atoms with Gasteiger partial charge < -0.3 is 15.5 Å². The first-order chi connectivity index (χ1) is 9.32. The normalized spacial score (nSPS) is 11.9. The minimum absolute atomic E-state index is 0.0618. The predicted molar refractivity (Wildman–Crippen MR) is 80.9 cm³/mol. The second-order valence-electron chi connectivity index (χ2n) is 5.38. The molecule has 0 unspecified atom stereocenters. The summed E-state index contributed by atoms with van der Waals surface area (Å²) in [4.78, 5) is 25.4. The molecule has 110 valence electrons. The highest BCUT2D eigenvalue weighted by molar-refractivity contribution is 6.03. The third-order valence-electron chi connectivity index (χ3n) is 3.17. The molecule has 0 bridgehead atoms. The molecule has 0 aliphatic heterocycles. The minimum atomic E-state index is -0.301. The van der Waals surface area contributed by atoms with Crippen LogP contribution in [-0.2, 0) is 0 Å². The summed E-state index contributed by atoms with van der Waals surface area (Å²) in [7, 11) is 3.36. The summed E-state index contributed by atoms with van der Waals surface area (Å²) in [6, 6.07) is 6.74. The van der Waals surface area contributed by atoms with Crippen molar-refractivity contribution in [1.82, 2.24) is 10.2 Å². The number of hydrogen-bond acceptors (Lipinski definition) is 2. The van der Waals surface area contributed by atoms with Crippen LogP contribution in [0.3, 0.4) is 0 Å². The van der Waals surface area contributed by atoms with Crippen molar-refractivity contribution < 1.29 is 9.59 Å². The minimum Gasteiger partial charge on any atom is -0.345 e. The van der Waals surface area contributed by atoms with Crippen LogP contribution in [0.15, 0.2) is 24.3 Å². The summed E-state index contributed by atoms with van der Waals surface area (Å²) in [5, 5.41) is 5.58. The van der Waals surface area contributed by atoms with Crippen LogP contribution in [0.1, 0.15) is 31.1 Å². The number of urea groups is 1. The van der Waals surface area contributed by atoms with Gasteiger partial charge in [-0.05, 0) is 25.0 Å². The zero-order chi connectivity index (χ0) is 15.3. The monoisotopic (exact) mass is 277 g/mol. The fraction of sp³-hybridized carbons (Fsp3) is 0.467. The molecule has 0 saturated carbocycles. The molecule has 5 heteroatoms. The van der Waals surface area contributed by atoms with E-state index in [1.165, 1.54) is 4.90 Å². The van der Waals surface area contributed by atoms with Crippen LogP contribution >= 0.6 is 0 Å². The molecule has 1 rings (SSSR count). The summed E-state index contributed by atoms with van der Waals surface area (Å²) < 4.78 is 0. The molecule has 1 aromatic carbocycles. The first-order valence-electron chi connectivity index (χ1n) is 6.71. The fourth-order valence-electron chi connectivity index (χ4n) is 1.55.